The van der Waals surface area contributed by atoms with E-state index in [2.05, 4.69) is 15.6 Å². The SMILES string of the molecule is CC(=O)Nc1ccccc1-c1nc2ccccc2n([C@@H](C)C(=O)Nc2ccc(F)cc2)c1=O. The Bertz CT molecular complexity index is 1410. The van der Waals surface area contributed by atoms with Crippen molar-refractivity contribution in [2.24, 2.45) is 0 Å². The van der Waals surface area contributed by atoms with Crippen LogP contribution in [0.25, 0.3) is 22.3 Å². The third-order valence-corrected chi connectivity index (χ3v) is 5.17. The van der Waals surface area contributed by atoms with Crippen molar-refractivity contribution in [1.82, 2.24) is 9.55 Å². The molecule has 1 heterocycles. The molecule has 0 bridgehead atoms. The second-order valence-corrected chi connectivity index (χ2v) is 7.52. The molecule has 4 rings (SSSR count). The first kappa shape index (κ1) is 21.9. The quantitative estimate of drug-likeness (QED) is 0.478. The molecule has 33 heavy (non-hydrogen) atoms. The number of nitrogens with one attached hydrogen (secondary N) is 2. The maximum absolute atomic E-state index is 13.6. The molecule has 8 heteroatoms. The number of carbonyl (C=O) groups is 2. The van der Waals surface area contributed by atoms with Gasteiger partial charge in [0, 0.05) is 18.2 Å². The van der Waals surface area contributed by atoms with Gasteiger partial charge in [0.15, 0.2) is 0 Å². The summed E-state index contributed by atoms with van der Waals surface area (Å²) < 4.78 is 14.6. The number of anilines is 2. The van der Waals surface area contributed by atoms with Crippen LogP contribution < -0.4 is 16.2 Å². The van der Waals surface area contributed by atoms with Crippen LogP contribution in [0, 0.1) is 5.82 Å². The number of amides is 2. The largest absolute Gasteiger partial charge is 0.326 e. The van der Waals surface area contributed by atoms with E-state index >= 15 is 0 Å². The maximum atomic E-state index is 13.6. The van der Waals surface area contributed by atoms with Gasteiger partial charge in [0.05, 0.1) is 16.7 Å². The molecule has 166 valence electrons. The number of aromatic nitrogens is 2. The number of hydrogen-bond acceptors (Lipinski definition) is 4. The highest BCUT2D eigenvalue weighted by Gasteiger charge is 2.23. The molecule has 0 aliphatic heterocycles. The monoisotopic (exact) mass is 444 g/mol. The fraction of sp³-hybridized carbons (Fsp3) is 0.120. The molecule has 4 aromatic rings. The van der Waals surface area contributed by atoms with E-state index in [0.29, 0.717) is 28.0 Å². The molecular formula is C25H21FN4O3. The molecule has 0 fully saturated rings. The van der Waals surface area contributed by atoms with Crippen molar-refractivity contribution >= 4 is 34.2 Å². The Morgan fingerprint density at radius 3 is 2.33 bits per heavy atom. The predicted octanol–water partition coefficient (Wildman–Crippen LogP) is 4.36. The van der Waals surface area contributed by atoms with Gasteiger partial charge >= 0.3 is 0 Å². The highest BCUT2D eigenvalue weighted by molar-refractivity contribution is 5.96. The molecule has 0 unspecified atom stereocenters. The van der Waals surface area contributed by atoms with Crippen molar-refractivity contribution < 1.29 is 14.0 Å². The lowest BCUT2D eigenvalue weighted by atomic mass is 10.1. The molecule has 0 aliphatic rings. The number of benzene rings is 3. The minimum Gasteiger partial charge on any atom is -0.326 e. The van der Waals surface area contributed by atoms with Crippen LogP contribution in [0.3, 0.4) is 0 Å². The minimum atomic E-state index is -0.901. The normalized spacial score (nSPS) is 11.7. The van der Waals surface area contributed by atoms with E-state index in [1.807, 2.05) is 0 Å². The first-order chi connectivity index (χ1) is 15.8. The molecule has 2 N–H and O–H groups in total. The van der Waals surface area contributed by atoms with Gasteiger partial charge in [0.2, 0.25) is 11.8 Å². The Morgan fingerprint density at radius 2 is 1.61 bits per heavy atom. The first-order valence-electron chi connectivity index (χ1n) is 10.3. The summed E-state index contributed by atoms with van der Waals surface area (Å²) >= 11 is 0. The van der Waals surface area contributed by atoms with Gasteiger partial charge in [-0.25, -0.2) is 9.37 Å². The summed E-state index contributed by atoms with van der Waals surface area (Å²) in [7, 11) is 0. The number of halogens is 1. The van der Waals surface area contributed by atoms with Crippen LogP contribution in [0.4, 0.5) is 15.8 Å². The van der Waals surface area contributed by atoms with Gasteiger partial charge in [-0.2, -0.15) is 0 Å². The highest BCUT2D eigenvalue weighted by Crippen LogP contribution is 2.27. The Hall–Kier alpha value is -4.33. The van der Waals surface area contributed by atoms with Gasteiger partial charge in [-0.1, -0.05) is 30.3 Å². The fourth-order valence-corrected chi connectivity index (χ4v) is 3.60. The Labute approximate surface area is 188 Å². The molecular weight excluding hydrogens is 423 g/mol. The van der Waals surface area contributed by atoms with Crippen molar-refractivity contribution in [2.75, 3.05) is 10.6 Å². The van der Waals surface area contributed by atoms with Crippen molar-refractivity contribution in [2.45, 2.75) is 19.9 Å². The third-order valence-electron chi connectivity index (χ3n) is 5.17. The molecule has 0 aliphatic carbocycles. The van der Waals surface area contributed by atoms with Gasteiger partial charge in [0.1, 0.15) is 17.6 Å². The Balaban J connectivity index is 1.84. The van der Waals surface area contributed by atoms with Crippen LogP contribution in [0.2, 0.25) is 0 Å². The van der Waals surface area contributed by atoms with Crippen LogP contribution in [0.1, 0.15) is 19.9 Å². The average molecular weight is 444 g/mol. The van der Waals surface area contributed by atoms with E-state index in [1.165, 1.54) is 35.8 Å². The molecule has 0 spiro atoms. The van der Waals surface area contributed by atoms with Gasteiger partial charge < -0.3 is 10.6 Å². The number of nitrogens with zero attached hydrogens (tertiary/aromatic N) is 2. The van der Waals surface area contributed by atoms with Crippen molar-refractivity contribution in [3.63, 3.8) is 0 Å². The topological polar surface area (TPSA) is 93.1 Å². The lowest BCUT2D eigenvalue weighted by molar-refractivity contribution is -0.118. The first-order valence-corrected chi connectivity index (χ1v) is 10.3. The summed E-state index contributed by atoms with van der Waals surface area (Å²) in [5.41, 5.74) is 1.95. The summed E-state index contributed by atoms with van der Waals surface area (Å²) in [6, 6.07) is 18.4. The van der Waals surface area contributed by atoms with Crippen LogP contribution >= 0.6 is 0 Å². The molecule has 3 aromatic carbocycles. The van der Waals surface area contributed by atoms with E-state index in [1.54, 1.807) is 55.5 Å². The smallest absolute Gasteiger partial charge is 0.278 e. The predicted molar refractivity (Wildman–Crippen MR) is 125 cm³/mol. The van der Waals surface area contributed by atoms with Gasteiger partial charge in [-0.15, -0.1) is 0 Å². The van der Waals surface area contributed by atoms with Crippen LogP contribution in [0.5, 0.6) is 0 Å². The van der Waals surface area contributed by atoms with Crippen molar-refractivity contribution in [1.29, 1.82) is 0 Å². The van der Waals surface area contributed by atoms with E-state index in [0.717, 1.165) is 0 Å². The summed E-state index contributed by atoms with van der Waals surface area (Å²) in [5, 5.41) is 5.43. The summed E-state index contributed by atoms with van der Waals surface area (Å²) in [5.74, 6) is -1.14. The third kappa shape index (κ3) is 4.50. The second-order valence-electron chi connectivity index (χ2n) is 7.52. The zero-order chi connectivity index (χ0) is 23.5. The molecule has 1 atom stereocenters. The number of para-hydroxylation sites is 3. The van der Waals surface area contributed by atoms with Crippen LogP contribution in [-0.4, -0.2) is 21.4 Å². The molecule has 1 aromatic heterocycles. The van der Waals surface area contributed by atoms with Gasteiger partial charge in [0.25, 0.3) is 5.56 Å². The lowest BCUT2D eigenvalue weighted by Gasteiger charge is -2.19. The van der Waals surface area contributed by atoms with E-state index in [-0.39, 0.29) is 11.6 Å². The molecule has 0 saturated heterocycles. The Morgan fingerprint density at radius 1 is 0.939 bits per heavy atom. The fourth-order valence-electron chi connectivity index (χ4n) is 3.60. The van der Waals surface area contributed by atoms with Crippen LogP contribution in [0.15, 0.2) is 77.6 Å². The average Bonchev–Trinajstić information content (AvgIpc) is 2.80. The number of rotatable bonds is 5. The summed E-state index contributed by atoms with van der Waals surface area (Å²) in [4.78, 5) is 42.8. The van der Waals surface area contributed by atoms with E-state index in [4.69, 9.17) is 0 Å². The maximum Gasteiger partial charge on any atom is 0.278 e. The van der Waals surface area contributed by atoms with Gasteiger partial charge in [-0.3, -0.25) is 19.0 Å². The number of hydrogen-bond donors (Lipinski definition) is 2. The highest BCUT2D eigenvalue weighted by atomic mass is 19.1. The summed E-state index contributed by atoms with van der Waals surface area (Å²) in [6.45, 7) is 2.99. The van der Waals surface area contributed by atoms with Crippen LogP contribution in [-0.2, 0) is 9.59 Å². The van der Waals surface area contributed by atoms with Crippen molar-refractivity contribution in [3.05, 3.63) is 89.0 Å². The molecule has 7 nitrogen and oxygen atoms in total. The molecule has 2 amide bonds. The van der Waals surface area contributed by atoms with Crippen molar-refractivity contribution in [3.8, 4) is 11.3 Å². The Kier molecular flexibility index (Phi) is 5.99. The zero-order valence-electron chi connectivity index (χ0n) is 18.0. The lowest BCUT2D eigenvalue weighted by Crippen LogP contribution is -2.33. The minimum absolute atomic E-state index is 0.111. The molecule has 0 radical (unpaired) electrons. The number of fused-ring (bicyclic) bond motifs is 1. The van der Waals surface area contributed by atoms with Gasteiger partial charge in [-0.05, 0) is 49.4 Å². The number of carbonyl (C=O) groups excluding carboxylic acids is 2. The second kappa shape index (κ2) is 9.04. The molecule has 0 saturated carbocycles. The standard InChI is InChI=1S/C25H21FN4O3/c1-15(24(32)28-18-13-11-17(26)12-14-18)30-22-10-6-5-9-21(22)29-23(25(30)33)19-7-3-4-8-20(19)27-16(2)31/h3-15H,1-2H3,(H,27,31)(H,28,32)/t15-/m0/s1. The summed E-state index contributed by atoms with van der Waals surface area (Å²) in [6.07, 6.45) is 0. The zero-order valence-corrected chi connectivity index (χ0v) is 18.0. The van der Waals surface area contributed by atoms with E-state index < -0.39 is 23.3 Å². The van der Waals surface area contributed by atoms with E-state index in [9.17, 15) is 18.8 Å².